The maximum Gasteiger partial charge on any atom is 0.262 e. The Morgan fingerprint density at radius 2 is 1.82 bits per heavy atom. The minimum absolute atomic E-state index is 0.0325. The Balaban J connectivity index is 2.00. The summed E-state index contributed by atoms with van der Waals surface area (Å²) in [6, 6.07) is 1.91. The molecule has 0 spiro atoms. The number of piperazine rings is 1. The van der Waals surface area contributed by atoms with Crippen molar-refractivity contribution in [3.05, 3.63) is 28.8 Å². The Kier molecular flexibility index (Phi) is 3.64. The molecule has 2 aromatic rings. The van der Waals surface area contributed by atoms with Gasteiger partial charge in [0.1, 0.15) is 0 Å². The van der Waals surface area contributed by atoms with E-state index in [2.05, 4.69) is 26.8 Å². The molecular weight excluding hydrogens is 278 g/mol. The van der Waals surface area contributed by atoms with Gasteiger partial charge in [-0.25, -0.2) is 9.97 Å². The fourth-order valence-electron chi connectivity index (χ4n) is 2.71. The van der Waals surface area contributed by atoms with Gasteiger partial charge in [-0.05, 0) is 33.9 Å². The van der Waals surface area contributed by atoms with Crippen LogP contribution in [0, 0.1) is 0 Å². The van der Waals surface area contributed by atoms with Gasteiger partial charge in [0.2, 0.25) is 5.95 Å². The number of fused-ring (bicyclic) bond motifs is 1. The Hall–Kier alpha value is -1.95. The van der Waals surface area contributed by atoms with Crippen molar-refractivity contribution < 1.29 is 0 Å². The molecule has 0 atom stereocenters. The quantitative estimate of drug-likeness (QED) is 0.794. The van der Waals surface area contributed by atoms with Crippen molar-refractivity contribution in [3.63, 3.8) is 0 Å². The average Bonchev–Trinajstić information content (AvgIpc) is 2.46. The van der Waals surface area contributed by atoms with Crippen molar-refractivity contribution >= 4 is 16.9 Å². The van der Waals surface area contributed by atoms with E-state index < -0.39 is 0 Å². The van der Waals surface area contributed by atoms with Gasteiger partial charge in [-0.1, -0.05) is 0 Å². The molecule has 1 aliphatic rings. The number of rotatable bonds is 1. The molecule has 22 heavy (non-hydrogen) atoms. The van der Waals surface area contributed by atoms with E-state index in [-0.39, 0.29) is 11.1 Å². The molecule has 3 heterocycles. The molecule has 0 unspecified atom stereocenters. The number of anilines is 1. The second kappa shape index (κ2) is 5.35. The summed E-state index contributed by atoms with van der Waals surface area (Å²) < 4.78 is 1.73. The van der Waals surface area contributed by atoms with Crippen LogP contribution in [0.3, 0.4) is 0 Å². The van der Waals surface area contributed by atoms with Crippen LogP contribution in [0.15, 0.2) is 23.3 Å². The highest BCUT2D eigenvalue weighted by atomic mass is 16.1. The highest BCUT2D eigenvalue weighted by molar-refractivity contribution is 5.77. The Labute approximate surface area is 130 Å². The molecule has 0 radical (unpaired) electrons. The van der Waals surface area contributed by atoms with Gasteiger partial charge < -0.3 is 14.4 Å². The topological polar surface area (TPSA) is 54.3 Å². The van der Waals surface area contributed by atoms with Gasteiger partial charge in [-0.15, -0.1) is 0 Å². The van der Waals surface area contributed by atoms with E-state index in [1.807, 2.05) is 33.0 Å². The van der Waals surface area contributed by atoms with E-state index in [0.29, 0.717) is 11.3 Å². The molecule has 0 N–H and O–H groups in total. The highest BCUT2D eigenvalue weighted by Gasteiger charge is 2.19. The maximum atomic E-state index is 12.6. The molecule has 6 heteroatoms. The molecule has 6 nitrogen and oxygen atoms in total. The lowest BCUT2D eigenvalue weighted by molar-refractivity contribution is 0.311. The summed E-state index contributed by atoms with van der Waals surface area (Å²) in [6.07, 6.45) is 3.49. The Morgan fingerprint density at radius 1 is 1.14 bits per heavy atom. The zero-order valence-electron chi connectivity index (χ0n) is 13.7. The van der Waals surface area contributed by atoms with Crippen LogP contribution >= 0.6 is 0 Å². The van der Waals surface area contributed by atoms with Crippen LogP contribution in [0.25, 0.3) is 10.9 Å². The number of hydrogen-bond acceptors (Lipinski definition) is 5. The molecule has 0 aromatic carbocycles. The number of pyridine rings is 1. The van der Waals surface area contributed by atoms with Gasteiger partial charge in [-0.3, -0.25) is 4.79 Å². The summed E-state index contributed by atoms with van der Waals surface area (Å²) in [7, 11) is 2.12. The Morgan fingerprint density at radius 3 is 2.45 bits per heavy atom. The average molecular weight is 301 g/mol. The molecule has 1 fully saturated rings. The second-order valence-electron chi connectivity index (χ2n) is 6.92. The lowest BCUT2D eigenvalue weighted by atomic mass is 10.1. The van der Waals surface area contributed by atoms with Gasteiger partial charge in [-0.2, -0.15) is 0 Å². The fourth-order valence-corrected chi connectivity index (χ4v) is 2.71. The number of likely N-dealkylation sites (N-methyl/N-ethyl adjacent to an activating group) is 1. The number of nitrogens with zero attached hydrogens (tertiary/aromatic N) is 5. The van der Waals surface area contributed by atoms with Crippen molar-refractivity contribution in [2.45, 2.75) is 26.3 Å². The molecule has 2 aromatic heterocycles. The van der Waals surface area contributed by atoms with Crippen LogP contribution in [-0.2, 0) is 5.54 Å². The molecule has 0 bridgehead atoms. The van der Waals surface area contributed by atoms with Crippen molar-refractivity contribution in [3.8, 4) is 0 Å². The summed E-state index contributed by atoms with van der Waals surface area (Å²) >= 11 is 0. The molecular formula is C16H23N5O. The Bertz CT molecular complexity index is 738. The van der Waals surface area contributed by atoms with Crippen LogP contribution < -0.4 is 10.5 Å². The highest BCUT2D eigenvalue weighted by Crippen LogP contribution is 2.16. The molecule has 0 saturated carbocycles. The van der Waals surface area contributed by atoms with Crippen molar-refractivity contribution in [1.29, 1.82) is 0 Å². The van der Waals surface area contributed by atoms with E-state index in [1.165, 1.54) is 0 Å². The van der Waals surface area contributed by atoms with Gasteiger partial charge >= 0.3 is 0 Å². The van der Waals surface area contributed by atoms with Gasteiger partial charge in [0.15, 0.2) is 0 Å². The molecule has 3 rings (SSSR count). The summed E-state index contributed by atoms with van der Waals surface area (Å²) in [5.74, 6) is 0.716. The predicted octanol–water partition coefficient (Wildman–Crippen LogP) is 1.30. The number of aromatic nitrogens is 3. The van der Waals surface area contributed by atoms with Gasteiger partial charge in [0, 0.05) is 44.1 Å². The lowest BCUT2D eigenvalue weighted by Crippen LogP contribution is -2.45. The van der Waals surface area contributed by atoms with Crippen molar-refractivity contribution in [1.82, 2.24) is 19.4 Å². The molecule has 1 saturated heterocycles. The molecule has 0 aliphatic carbocycles. The van der Waals surface area contributed by atoms with E-state index in [0.717, 1.165) is 31.7 Å². The molecule has 1 aliphatic heterocycles. The first-order chi connectivity index (χ1) is 10.4. The van der Waals surface area contributed by atoms with Crippen LogP contribution in [-0.4, -0.2) is 52.7 Å². The maximum absolute atomic E-state index is 12.6. The first kappa shape index (κ1) is 15.0. The summed E-state index contributed by atoms with van der Waals surface area (Å²) in [6.45, 7) is 9.89. The third kappa shape index (κ3) is 2.70. The SMILES string of the molecule is CN1CCN(c2ncc3c(=O)n(C(C)(C)C)ccc3n2)CC1. The largest absolute Gasteiger partial charge is 0.338 e. The molecule has 0 amide bonds. The second-order valence-corrected chi connectivity index (χ2v) is 6.92. The molecule has 118 valence electrons. The van der Waals surface area contributed by atoms with E-state index in [4.69, 9.17) is 0 Å². The van der Waals surface area contributed by atoms with Crippen molar-refractivity contribution in [2.24, 2.45) is 0 Å². The predicted molar refractivity (Wildman–Crippen MR) is 88.5 cm³/mol. The van der Waals surface area contributed by atoms with Crippen LogP contribution in [0.2, 0.25) is 0 Å². The summed E-state index contributed by atoms with van der Waals surface area (Å²) in [5.41, 5.74) is 0.436. The lowest BCUT2D eigenvalue weighted by Gasteiger charge is -2.32. The van der Waals surface area contributed by atoms with Crippen LogP contribution in [0.4, 0.5) is 5.95 Å². The zero-order valence-corrected chi connectivity index (χ0v) is 13.7. The van der Waals surface area contributed by atoms with Gasteiger partial charge in [0.25, 0.3) is 5.56 Å². The zero-order chi connectivity index (χ0) is 15.9. The van der Waals surface area contributed by atoms with Gasteiger partial charge in [0.05, 0.1) is 10.9 Å². The van der Waals surface area contributed by atoms with E-state index in [1.54, 1.807) is 10.8 Å². The summed E-state index contributed by atoms with van der Waals surface area (Å²) in [5, 5.41) is 0.579. The third-order valence-corrected chi connectivity index (χ3v) is 4.15. The number of hydrogen-bond donors (Lipinski definition) is 0. The smallest absolute Gasteiger partial charge is 0.262 e. The van der Waals surface area contributed by atoms with E-state index >= 15 is 0 Å². The van der Waals surface area contributed by atoms with Crippen molar-refractivity contribution in [2.75, 3.05) is 38.1 Å². The first-order valence-electron chi connectivity index (χ1n) is 7.68. The minimum Gasteiger partial charge on any atom is -0.338 e. The van der Waals surface area contributed by atoms with Crippen LogP contribution in [0.5, 0.6) is 0 Å². The van der Waals surface area contributed by atoms with Crippen LogP contribution in [0.1, 0.15) is 20.8 Å². The summed E-state index contributed by atoms with van der Waals surface area (Å²) in [4.78, 5) is 26.0. The monoisotopic (exact) mass is 301 g/mol. The fraction of sp³-hybridized carbons (Fsp3) is 0.562. The van der Waals surface area contributed by atoms with E-state index in [9.17, 15) is 4.79 Å². The standard InChI is InChI=1S/C16H23N5O/c1-16(2,3)21-6-5-13-12(14(21)22)11-17-15(18-13)20-9-7-19(4)8-10-20/h5-6,11H,7-10H2,1-4H3. The third-order valence-electron chi connectivity index (χ3n) is 4.15. The first-order valence-corrected chi connectivity index (χ1v) is 7.68. The normalized spacial score (nSPS) is 17.2. The minimum atomic E-state index is -0.249.